The van der Waals surface area contributed by atoms with Crippen molar-refractivity contribution in [3.05, 3.63) is 36.3 Å². The zero-order valence-corrected chi connectivity index (χ0v) is 9.49. The molecule has 3 rings (SSSR count). The highest BCUT2D eigenvalue weighted by Gasteiger charge is 2.14. The summed E-state index contributed by atoms with van der Waals surface area (Å²) in [5.74, 6) is 0.763. The minimum Gasteiger partial charge on any atom is -0.354 e. The Labute approximate surface area is 99.3 Å². The molecule has 0 atom stereocenters. The van der Waals surface area contributed by atoms with Gasteiger partial charge in [-0.1, -0.05) is 0 Å². The number of nitrogens with zero attached hydrogens (tertiary/aromatic N) is 2. The molecule has 0 spiro atoms. The highest BCUT2D eigenvalue weighted by molar-refractivity contribution is 5.92. The maximum atomic E-state index is 13.2. The summed E-state index contributed by atoms with van der Waals surface area (Å²) in [4.78, 5) is 6.68. The van der Waals surface area contributed by atoms with Gasteiger partial charge in [0.25, 0.3) is 0 Å². The number of benzene rings is 1. The van der Waals surface area contributed by atoms with Crippen molar-refractivity contribution in [2.75, 3.05) is 31.1 Å². The third-order valence-electron chi connectivity index (χ3n) is 3.12. The Morgan fingerprint density at radius 3 is 2.82 bits per heavy atom. The van der Waals surface area contributed by atoms with E-state index in [0.717, 1.165) is 42.8 Å². The van der Waals surface area contributed by atoms with Crippen LogP contribution in [0.15, 0.2) is 30.5 Å². The van der Waals surface area contributed by atoms with E-state index in [9.17, 15) is 4.39 Å². The molecule has 0 bridgehead atoms. The van der Waals surface area contributed by atoms with E-state index >= 15 is 0 Å². The van der Waals surface area contributed by atoms with Gasteiger partial charge in [0, 0.05) is 37.8 Å². The monoisotopic (exact) mass is 231 g/mol. The van der Waals surface area contributed by atoms with Crippen molar-refractivity contribution in [1.82, 2.24) is 10.3 Å². The van der Waals surface area contributed by atoms with Gasteiger partial charge in [-0.15, -0.1) is 0 Å². The number of fused-ring (bicyclic) bond motifs is 1. The fourth-order valence-corrected chi connectivity index (χ4v) is 2.26. The predicted octanol–water partition coefficient (Wildman–Crippen LogP) is 1.78. The number of nitrogens with one attached hydrogen (secondary N) is 1. The highest BCUT2D eigenvalue weighted by Crippen LogP contribution is 2.25. The first kappa shape index (κ1) is 10.5. The van der Waals surface area contributed by atoms with E-state index in [1.165, 1.54) is 6.07 Å². The van der Waals surface area contributed by atoms with Crippen LogP contribution in [0.5, 0.6) is 0 Å². The zero-order valence-electron chi connectivity index (χ0n) is 9.49. The first-order valence-electron chi connectivity index (χ1n) is 5.84. The van der Waals surface area contributed by atoms with E-state index in [4.69, 9.17) is 0 Å². The average molecular weight is 231 g/mol. The quantitative estimate of drug-likeness (QED) is 0.811. The van der Waals surface area contributed by atoms with Gasteiger partial charge in [-0.25, -0.2) is 9.37 Å². The maximum Gasteiger partial charge on any atom is 0.136 e. The summed E-state index contributed by atoms with van der Waals surface area (Å²) in [5, 5.41) is 5.25. The fraction of sp³-hybridized carbons (Fsp3) is 0.308. The number of halogens is 1. The van der Waals surface area contributed by atoms with Crippen molar-refractivity contribution in [2.45, 2.75) is 0 Å². The molecular formula is C13H14FN3. The smallest absolute Gasteiger partial charge is 0.136 e. The Morgan fingerprint density at radius 1 is 1.18 bits per heavy atom. The van der Waals surface area contributed by atoms with E-state index in [1.54, 1.807) is 12.3 Å². The average Bonchev–Trinajstić information content (AvgIpc) is 2.39. The third kappa shape index (κ3) is 1.96. The molecule has 1 fully saturated rings. The lowest BCUT2D eigenvalue weighted by atomic mass is 10.1. The van der Waals surface area contributed by atoms with E-state index in [2.05, 4.69) is 15.2 Å². The minimum atomic E-state index is -0.199. The van der Waals surface area contributed by atoms with Crippen LogP contribution in [0.25, 0.3) is 10.8 Å². The first-order valence-corrected chi connectivity index (χ1v) is 5.84. The third-order valence-corrected chi connectivity index (χ3v) is 3.12. The normalized spacial score (nSPS) is 16.4. The van der Waals surface area contributed by atoms with Gasteiger partial charge in [-0.3, -0.25) is 0 Å². The molecule has 4 heteroatoms. The van der Waals surface area contributed by atoms with Gasteiger partial charge >= 0.3 is 0 Å². The molecule has 1 aliphatic rings. The standard InChI is InChI=1S/C13H14FN3/c14-11-1-2-12-10(9-11)3-4-16-13(12)17-7-5-15-6-8-17/h1-4,9,15H,5-8H2. The van der Waals surface area contributed by atoms with Crippen LogP contribution in [0.1, 0.15) is 0 Å². The van der Waals surface area contributed by atoms with Gasteiger partial charge in [-0.2, -0.15) is 0 Å². The maximum absolute atomic E-state index is 13.2. The molecule has 2 heterocycles. The van der Waals surface area contributed by atoms with Crippen molar-refractivity contribution in [2.24, 2.45) is 0 Å². The predicted molar refractivity (Wildman–Crippen MR) is 66.8 cm³/mol. The summed E-state index contributed by atoms with van der Waals surface area (Å²) in [6.07, 6.45) is 1.75. The molecule has 1 aliphatic heterocycles. The molecule has 0 unspecified atom stereocenters. The van der Waals surface area contributed by atoms with Crippen LogP contribution >= 0.6 is 0 Å². The second-order valence-corrected chi connectivity index (χ2v) is 4.24. The number of rotatable bonds is 1. The molecule has 0 aliphatic carbocycles. The topological polar surface area (TPSA) is 28.2 Å². The van der Waals surface area contributed by atoms with Gasteiger partial charge < -0.3 is 10.2 Å². The van der Waals surface area contributed by atoms with Gasteiger partial charge in [0.05, 0.1) is 0 Å². The Kier molecular flexibility index (Phi) is 2.65. The summed E-state index contributed by atoms with van der Waals surface area (Å²) < 4.78 is 13.2. The van der Waals surface area contributed by atoms with Crippen LogP contribution in [0.4, 0.5) is 10.2 Å². The number of hydrogen-bond donors (Lipinski definition) is 1. The van der Waals surface area contributed by atoms with E-state index in [0.29, 0.717) is 0 Å². The Bertz CT molecular complexity index is 535. The fourth-order valence-electron chi connectivity index (χ4n) is 2.26. The van der Waals surface area contributed by atoms with Crippen LogP contribution < -0.4 is 10.2 Å². The summed E-state index contributed by atoms with van der Waals surface area (Å²) in [5.41, 5.74) is 0. The van der Waals surface area contributed by atoms with E-state index in [-0.39, 0.29) is 5.82 Å². The first-order chi connectivity index (χ1) is 8.34. The van der Waals surface area contributed by atoms with Crippen LogP contribution in [0.3, 0.4) is 0 Å². The van der Waals surface area contributed by atoms with Gasteiger partial charge in [0.1, 0.15) is 11.6 Å². The molecule has 0 radical (unpaired) electrons. The Balaban J connectivity index is 2.09. The summed E-state index contributed by atoms with van der Waals surface area (Å²) in [6, 6.07) is 6.72. The molecule has 88 valence electrons. The number of aromatic nitrogens is 1. The molecule has 3 nitrogen and oxygen atoms in total. The number of hydrogen-bond acceptors (Lipinski definition) is 3. The summed E-state index contributed by atoms with van der Waals surface area (Å²) in [7, 11) is 0. The number of pyridine rings is 1. The zero-order chi connectivity index (χ0) is 11.7. The summed E-state index contributed by atoms with van der Waals surface area (Å²) >= 11 is 0. The van der Waals surface area contributed by atoms with Gasteiger partial charge in [0.15, 0.2) is 0 Å². The summed E-state index contributed by atoms with van der Waals surface area (Å²) in [6.45, 7) is 3.84. The van der Waals surface area contributed by atoms with Crippen molar-refractivity contribution in [1.29, 1.82) is 0 Å². The lowest BCUT2D eigenvalue weighted by molar-refractivity contribution is 0.586. The van der Waals surface area contributed by atoms with Crippen molar-refractivity contribution < 1.29 is 4.39 Å². The molecular weight excluding hydrogens is 217 g/mol. The molecule has 2 aromatic rings. The van der Waals surface area contributed by atoms with Crippen molar-refractivity contribution in [3.8, 4) is 0 Å². The molecule has 0 amide bonds. The lowest BCUT2D eigenvalue weighted by Crippen LogP contribution is -2.43. The second kappa shape index (κ2) is 4.30. The van der Waals surface area contributed by atoms with Crippen molar-refractivity contribution >= 4 is 16.6 Å². The number of piperazine rings is 1. The van der Waals surface area contributed by atoms with Crippen LogP contribution in [0.2, 0.25) is 0 Å². The molecule has 0 saturated carbocycles. The Hall–Kier alpha value is -1.68. The van der Waals surface area contributed by atoms with Crippen LogP contribution in [-0.2, 0) is 0 Å². The van der Waals surface area contributed by atoms with Crippen LogP contribution in [-0.4, -0.2) is 31.2 Å². The number of anilines is 1. The largest absolute Gasteiger partial charge is 0.354 e. The van der Waals surface area contributed by atoms with Gasteiger partial charge in [-0.05, 0) is 29.7 Å². The molecule has 1 aromatic carbocycles. The van der Waals surface area contributed by atoms with E-state index < -0.39 is 0 Å². The molecule has 17 heavy (non-hydrogen) atoms. The molecule has 1 aromatic heterocycles. The lowest BCUT2D eigenvalue weighted by Gasteiger charge is -2.29. The Morgan fingerprint density at radius 2 is 2.00 bits per heavy atom. The van der Waals surface area contributed by atoms with Crippen LogP contribution in [0, 0.1) is 5.82 Å². The highest BCUT2D eigenvalue weighted by atomic mass is 19.1. The molecule has 1 N–H and O–H groups in total. The van der Waals surface area contributed by atoms with Gasteiger partial charge in [0.2, 0.25) is 0 Å². The van der Waals surface area contributed by atoms with Crippen molar-refractivity contribution in [3.63, 3.8) is 0 Å². The van der Waals surface area contributed by atoms with E-state index in [1.807, 2.05) is 12.1 Å². The minimum absolute atomic E-state index is 0.199. The second-order valence-electron chi connectivity index (χ2n) is 4.24. The molecule has 1 saturated heterocycles. The SMILES string of the molecule is Fc1ccc2c(N3CCNCC3)nccc2c1.